The molecular formula is C19H24N6O. The van der Waals surface area contributed by atoms with E-state index in [0.717, 1.165) is 24.2 Å². The normalized spacial score (nSPS) is 29.8. The van der Waals surface area contributed by atoms with E-state index in [4.69, 9.17) is 5.10 Å². The minimum absolute atomic E-state index is 0.0773. The highest BCUT2D eigenvalue weighted by Crippen LogP contribution is 2.57. The lowest BCUT2D eigenvalue weighted by Gasteiger charge is -2.52. The Kier molecular flexibility index (Phi) is 3.43. The first kappa shape index (κ1) is 17.0. The Hall–Kier alpha value is -2.49. The van der Waals surface area contributed by atoms with Crippen LogP contribution in [-0.2, 0) is 30.7 Å². The number of fused-ring (bicyclic) bond motifs is 3. The molecular weight excluding hydrogens is 328 g/mol. The van der Waals surface area contributed by atoms with E-state index in [1.165, 1.54) is 5.56 Å². The van der Waals surface area contributed by atoms with Crippen LogP contribution in [0.3, 0.4) is 0 Å². The van der Waals surface area contributed by atoms with Gasteiger partial charge in [-0.2, -0.15) is 10.4 Å². The van der Waals surface area contributed by atoms with Crippen molar-refractivity contribution in [2.75, 3.05) is 0 Å². The van der Waals surface area contributed by atoms with Crippen LogP contribution in [0.5, 0.6) is 0 Å². The molecule has 0 N–H and O–H groups in total. The summed E-state index contributed by atoms with van der Waals surface area (Å²) in [6.07, 6.45) is 3.99. The van der Waals surface area contributed by atoms with Gasteiger partial charge in [-0.1, -0.05) is 20.8 Å². The number of hydrogen-bond acceptors (Lipinski definition) is 5. The average molecular weight is 352 g/mol. The number of Topliss-reactive ketones (excluding diaryl/α,β-unsaturated/α-hetero) is 1. The van der Waals surface area contributed by atoms with Crippen LogP contribution in [0.1, 0.15) is 44.9 Å². The van der Waals surface area contributed by atoms with Crippen LogP contribution in [0.2, 0.25) is 0 Å². The molecule has 0 amide bonds. The van der Waals surface area contributed by atoms with Gasteiger partial charge in [-0.25, -0.2) is 4.98 Å². The molecule has 2 aromatic rings. The zero-order valence-corrected chi connectivity index (χ0v) is 15.9. The molecule has 2 heterocycles. The molecule has 1 saturated carbocycles. The second-order valence-electron chi connectivity index (χ2n) is 8.52. The molecule has 0 aliphatic heterocycles. The molecule has 0 bridgehead atoms. The first-order valence-electron chi connectivity index (χ1n) is 9.06. The van der Waals surface area contributed by atoms with Crippen molar-refractivity contribution in [1.29, 1.82) is 5.26 Å². The number of carbonyl (C=O) groups is 1. The molecule has 4 rings (SSSR count). The van der Waals surface area contributed by atoms with E-state index in [9.17, 15) is 10.1 Å². The van der Waals surface area contributed by atoms with E-state index in [1.54, 1.807) is 11.0 Å². The summed E-state index contributed by atoms with van der Waals surface area (Å²) < 4.78 is 3.55. The van der Waals surface area contributed by atoms with E-state index >= 15 is 0 Å². The highest BCUT2D eigenvalue weighted by molar-refractivity contribution is 5.90. The molecule has 0 saturated heterocycles. The van der Waals surface area contributed by atoms with Crippen LogP contribution in [0.25, 0.3) is 11.5 Å². The smallest absolute Gasteiger partial charge is 0.199 e. The van der Waals surface area contributed by atoms with Crippen LogP contribution in [0.4, 0.5) is 0 Å². The number of hydrogen-bond donors (Lipinski definition) is 0. The van der Waals surface area contributed by atoms with Gasteiger partial charge in [-0.05, 0) is 25.2 Å². The Morgan fingerprint density at radius 1 is 1.27 bits per heavy atom. The highest BCUT2D eigenvalue weighted by Gasteiger charge is 2.58. The number of nitriles is 1. The van der Waals surface area contributed by atoms with Gasteiger partial charge in [-0.3, -0.25) is 14.2 Å². The van der Waals surface area contributed by atoms with Gasteiger partial charge in [0.2, 0.25) is 0 Å². The molecule has 2 aliphatic rings. The van der Waals surface area contributed by atoms with E-state index in [0.29, 0.717) is 12.2 Å². The van der Waals surface area contributed by atoms with Gasteiger partial charge in [-0.15, -0.1) is 5.10 Å². The number of aromatic nitrogens is 5. The van der Waals surface area contributed by atoms with Crippen molar-refractivity contribution in [1.82, 2.24) is 24.5 Å². The van der Waals surface area contributed by atoms with Gasteiger partial charge in [0.25, 0.3) is 0 Å². The standard InChI is InChI=1S/C19H24N6O/c1-18(2)13-7-6-12-14(17-21-10-24(4)23-17)25(5)22-15(12)19(13,3)8-11(9-20)16(18)26/h10-11,13H,6-8H2,1-5H3/t11?,13-,19-/m0/s1. The fourth-order valence-electron chi connectivity index (χ4n) is 5.40. The summed E-state index contributed by atoms with van der Waals surface area (Å²) in [5, 5.41) is 18.9. The zero-order chi connectivity index (χ0) is 18.9. The summed E-state index contributed by atoms with van der Waals surface area (Å²) in [7, 11) is 3.77. The molecule has 1 fully saturated rings. The number of ketones is 1. The fourth-order valence-corrected chi connectivity index (χ4v) is 5.40. The Morgan fingerprint density at radius 3 is 2.62 bits per heavy atom. The van der Waals surface area contributed by atoms with Crippen molar-refractivity contribution in [3.8, 4) is 17.6 Å². The van der Waals surface area contributed by atoms with Crippen molar-refractivity contribution in [2.45, 2.75) is 45.4 Å². The van der Waals surface area contributed by atoms with Crippen molar-refractivity contribution >= 4 is 5.78 Å². The Morgan fingerprint density at radius 2 is 2.00 bits per heavy atom. The SMILES string of the molecule is Cn1cnc(-c2c3c(nn2C)[C@@]2(C)CC(C#N)C(=O)C(C)(C)[C@@H]2CC3)n1. The van der Waals surface area contributed by atoms with Gasteiger partial charge in [0.05, 0.1) is 11.8 Å². The minimum Gasteiger partial charge on any atom is -0.298 e. The molecule has 1 unspecified atom stereocenters. The van der Waals surface area contributed by atoms with Crippen molar-refractivity contribution in [3.05, 3.63) is 17.6 Å². The van der Waals surface area contributed by atoms with Gasteiger partial charge in [0, 0.05) is 30.5 Å². The third kappa shape index (κ3) is 2.05. The lowest BCUT2D eigenvalue weighted by molar-refractivity contribution is -0.140. The summed E-state index contributed by atoms with van der Waals surface area (Å²) in [5.41, 5.74) is 2.31. The van der Waals surface area contributed by atoms with Crippen LogP contribution in [-0.4, -0.2) is 30.3 Å². The maximum Gasteiger partial charge on any atom is 0.199 e. The summed E-state index contributed by atoms with van der Waals surface area (Å²) in [5.74, 6) is 0.358. The molecule has 0 spiro atoms. The first-order chi connectivity index (χ1) is 12.2. The Balaban J connectivity index is 1.89. The third-order valence-electron chi connectivity index (χ3n) is 6.56. The number of rotatable bonds is 1. The topological polar surface area (TPSA) is 89.4 Å². The second-order valence-corrected chi connectivity index (χ2v) is 8.52. The zero-order valence-electron chi connectivity index (χ0n) is 15.9. The van der Waals surface area contributed by atoms with Crippen LogP contribution in [0, 0.1) is 28.6 Å². The maximum atomic E-state index is 12.8. The van der Waals surface area contributed by atoms with Crippen molar-refractivity contribution < 1.29 is 4.79 Å². The van der Waals surface area contributed by atoms with Crippen molar-refractivity contribution in [3.63, 3.8) is 0 Å². The van der Waals surface area contributed by atoms with Crippen LogP contribution in [0.15, 0.2) is 6.33 Å². The largest absolute Gasteiger partial charge is 0.298 e. The fraction of sp³-hybridized carbons (Fsp3) is 0.632. The molecule has 0 radical (unpaired) electrons. The average Bonchev–Trinajstić information content (AvgIpc) is 3.14. The van der Waals surface area contributed by atoms with Gasteiger partial charge < -0.3 is 0 Å². The minimum atomic E-state index is -0.573. The molecule has 3 atom stereocenters. The molecule has 2 aliphatic carbocycles. The van der Waals surface area contributed by atoms with Crippen molar-refractivity contribution in [2.24, 2.45) is 31.3 Å². The molecule has 0 aromatic carbocycles. The first-order valence-corrected chi connectivity index (χ1v) is 9.06. The predicted molar refractivity (Wildman–Crippen MR) is 94.9 cm³/mol. The monoisotopic (exact) mass is 352 g/mol. The van der Waals surface area contributed by atoms with Gasteiger partial charge >= 0.3 is 0 Å². The molecule has 7 heteroatoms. The van der Waals surface area contributed by atoms with Crippen LogP contribution >= 0.6 is 0 Å². The molecule has 26 heavy (non-hydrogen) atoms. The van der Waals surface area contributed by atoms with Gasteiger partial charge in [0.1, 0.15) is 17.9 Å². The number of carbonyl (C=O) groups excluding carboxylic acids is 1. The highest BCUT2D eigenvalue weighted by atomic mass is 16.1. The summed E-state index contributed by atoms with van der Waals surface area (Å²) >= 11 is 0. The molecule has 136 valence electrons. The maximum absolute atomic E-state index is 12.8. The summed E-state index contributed by atoms with van der Waals surface area (Å²) in [6.45, 7) is 6.17. The lowest BCUT2D eigenvalue weighted by Crippen LogP contribution is -2.55. The second kappa shape index (κ2) is 5.26. The van der Waals surface area contributed by atoms with E-state index in [2.05, 4.69) is 23.1 Å². The molecule has 7 nitrogen and oxygen atoms in total. The van der Waals surface area contributed by atoms with Crippen LogP contribution < -0.4 is 0 Å². The summed E-state index contributed by atoms with van der Waals surface area (Å²) in [6, 6.07) is 2.24. The molecule has 2 aromatic heterocycles. The Labute approximate surface area is 153 Å². The predicted octanol–water partition coefficient (Wildman–Crippen LogP) is 2.17. The third-order valence-corrected chi connectivity index (χ3v) is 6.56. The number of nitrogens with zero attached hydrogens (tertiary/aromatic N) is 6. The Bertz CT molecular complexity index is 946. The van der Waals surface area contributed by atoms with E-state index in [1.807, 2.05) is 32.6 Å². The van der Waals surface area contributed by atoms with E-state index in [-0.39, 0.29) is 17.1 Å². The lowest BCUT2D eigenvalue weighted by atomic mass is 9.49. The summed E-state index contributed by atoms with van der Waals surface area (Å²) in [4.78, 5) is 17.2. The van der Waals surface area contributed by atoms with Gasteiger partial charge in [0.15, 0.2) is 11.6 Å². The number of aryl methyl sites for hydroxylation is 2. The van der Waals surface area contributed by atoms with E-state index < -0.39 is 11.3 Å². The quantitative estimate of drug-likeness (QED) is 0.785.